The third-order valence-corrected chi connectivity index (χ3v) is 7.58. The molecular weight excluding hydrogens is 514 g/mol. The van der Waals surface area contributed by atoms with Crippen LogP contribution in [-0.2, 0) is 4.79 Å². The van der Waals surface area contributed by atoms with Crippen LogP contribution >= 0.6 is 11.3 Å². The SMILES string of the molecule is C=CCOc1ccccc1/C=c1/sc2n(c1=O)[C@@H](c1cc(OC)ccc1OC)C(C(=O)N(CC)CC)=C(C)N=2. The van der Waals surface area contributed by atoms with Gasteiger partial charge in [-0.1, -0.05) is 42.2 Å². The van der Waals surface area contributed by atoms with E-state index in [2.05, 4.69) is 6.58 Å². The molecule has 0 saturated carbocycles. The first-order chi connectivity index (χ1) is 18.9. The smallest absolute Gasteiger partial charge is 0.271 e. The summed E-state index contributed by atoms with van der Waals surface area (Å²) in [5, 5.41) is 0. The van der Waals surface area contributed by atoms with Crippen LogP contribution < -0.4 is 29.1 Å². The second-order valence-electron chi connectivity index (χ2n) is 8.80. The molecule has 9 heteroatoms. The number of allylic oxidation sites excluding steroid dienone is 1. The highest BCUT2D eigenvalue weighted by Gasteiger charge is 2.36. The van der Waals surface area contributed by atoms with Crippen LogP contribution in [0.3, 0.4) is 0 Å². The number of nitrogens with zero attached hydrogens (tertiary/aromatic N) is 3. The number of ether oxygens (including phenoxy) is 3. The molecule has 2 heterocycles. The Hall–Kier alpha value is -4.11. The number of thiazole rings is 1. The van der Waals surface area contributed by atoms with Crippen LogP contribution in [-0.4, -0.2) is 49.3 Å². The van der Waals surface area contributed by atoms with Crippen LogP contribution in [0.1, 0.15) is 37.9 Å². The number of amides is 1. The van der Waals surface area contributed by atoms with Crippen molar-refractivity contribution in [2.45, 2.75) is 26.8 Å². The average Bonchev–Trinajstić information content (AvgIpc) is 3.25. The lowest BCUT2D eigenvalue weighted by molar-refractivity contribution is -0.127. The predicted octanol–water partition coefficient (Wildman–Crippen LogP) is 3.69. The van der Waals surface area contributed by atoms with E-state index in [4.69, 9.17) is 19.2 Å². The highest BCUT2D eigenvalue weighted by atomic mass is 32.1. The number of likely N-dealkylation sites (N-methyl/N-ethyl adjacent to an activating group) is 1. The molecule has 0 spiro atoms. The largest absolute Gasteiger partial charge is 0.497 e. The van der Waals surface area contributed by atoms with E-state index < -0.39 is 6.04 Å². The van der Waals surface area contributed by atoms with E-state index in [9.17, 15) is 9.59 Å². The van der Waals surface area contributed by atoms with Crippen LogP contribution in [0.5, 0.6) is 17.2 Å². The minimum Gasteiger partial charge on any atom is -0.497 e. The Balaban J connectivity index is 2.01. The maximum atomic E-state index is 14.1. The molecule has 1 atom stereocenters. The molecule has 3 aromatic rings. The summed E-state index contributed by atoms with van der Waals surface area (Å²) in [6.07, 6.45) is 3.47. The average molecular weight is 548 g/mol. The number of aromatic nitrogens is 1. The summed E-state index contributed by atoms with van der Waals surface area (Å²) in [6.45, 7) is 10.8. The number of fused-ring (bicyclic) bond motifs is 1. The summed E-state index contributed by atoms with van der Waals surface area (Å²) in [5.74, 6) is 1.60. The lowest BCUT2D eigenvalue weighted by atomic mass is 9.93. The first-order valence-electron chi connectivity index (χ1n) is 12.7. The van der Waals surface area contributed by atoms with Crippen molar-refractivity contribution >= 4 is 23.3 Å². The van der Waals surface area contributed by atoms with E-state index in [1.54, 1.807) is 48.0 Å². The number of para-hydroxylation sites is 1. The van der Waals surface area contributed by atoms with Crippen molar-refractivity contribution in [3.63, 3.8) is 0 Å². The van der Waals surface area contributed by atoms with Gasteiger partial charge in [-0.3, -0.25) is 14.2 Å². The Morgan fingerprint density at radius 3 is 2.54 bits per heavy atom. The minimum absolute atomic E-state index is 0.173. The number of rotatable bonds is 10. The fourth-order valence-corrected chi connectivity index (χ4v) is 5.68. The van der Waals surface area contributed by atoms with Crippen LogP contribution in [0.15, 0.2) is 76.2 Å². The van der Waals surface area contributed by atoms with Crippen LogP contribution in [0.4, 0.5) is 0 Å². The Bertz CT molecular complexity index is 1600. The minimum atomic E-state index is -0.756. The van der Waals surface area contributed by atoms with Gasteiger partial charge in [0, 0.05) is 24.2 Å². The van der Waals surface area contributed by atoms with Gasteiger partial charge in [-0.2, -0.15) is 0 Å². The zero-order chi connectivity index (χ0) is 28.1. The van der Waals surface area contributed by atoms with Gasteiger partial charge in [-0.25, -0.2) is 4.99 Å². The maximum Gasteiger partial charge on any atom is 0.271 e. The lowest BCUT2D eigenvalue weighted by Gasteiger charge is -2.30. The Morgan fingerprint density at radius 2 is 1.87 bits per heavy atom. The van der Waals surface area contributed by atoms with Crippen molar-refractivity contribution in [1.82, 2.24) is 9.47 Å². The number of carbonyl (C=O) groups is 1. The summed E-state index contributed by atoms with van der Waals surface area (Å²) < 4.78 is 19.1. The van der Waals surface area contributed by atoms with Crippen molar-refractivity contribution in [2.75, 3.05) is 33.9 Å². The standard InChI is InChI=1S/C30H33N3O5S/c1-7-16-38-23-13-11-10-12-20(23)17-25-28(34)33-27(22-18-21(36-5)14-15-24(22)37-6)26(19(4)31-30(33)39-25)29(35)32(8-2)9-3/h7,10-15,17-18,27H,1,8-9,16H2,2-6H3/b25-17+/t27-/m0/s1. The molecule has 0 unspecified atom stereocenters. The maximum absolute atomic E-state index is 14.1. The van der Waals surface area contributed by atoms with Crippen LogP contribution in [0, 0.1) is 0 Å². The van der Waals surface area contributed by atoms with Gasteiger partial charge in [0.25, 0.3) is 11.5 Å². The highest BCUT2D eigenvalue weighted by molar-refractivity contribution is 7.07. The number of carbonyl (C=O) groups excluding carboxylic acids is 1. The van der Waals surface area contributed by atoms with E-state index in [1.165, 1.54) is 11.3 Å². The van der Waals surface area contributed by atoms with E-state index >= 15 is 0 Å². The van der Waals surface area contributed by atoms with Crippen LogP contribution in [0.25, 0.3) is 6.08 Å². The summed E-state index contributed by atoms with van der Waals surface area (Å²) in [5.41, 5.74) is 2.13. The van der Waals surface area contributed by atoms with Gasteiger partial charge in [0.1, 0.15) is 29.9 Å². The summed E-state index contributed by atoms with van der Waals surface area (Å²) >= 11 is 1.27. The third-order valence-electron chi connectivity index (χ3n) is 6.60. The zero-order valence-corrected chi connectivity index (χ0v) is 23.7. The molecule has 0 radical (unpaired) electrons. The molecule has 0 saturated heterocycles. The van der Waals surface area contributed by atoms with Gasteiger partial charge >= 0.3 is 0 Å². The van der Waals surface area contributed by atoms with Crippen molar-refractivity contribution in [2.24, 2.45) is 4.99 Å². The molecule has 1 aliphatic heterocycles. The van der Waals surface area contributed by atoms with Crippen LogP contribution in [0.2, 0.25) is 0 Å². The number of benzene rings is 2. The second kappa shape index (κ2) is 12.2. The molecule has 0 aliphatic carbocycles. The number of hydrogen-bond acceptors (Lipinski definition) is 7. The zero-order valence-electron chi connectivity index (χ0n) is 22.9. The molecular formula is C30H33N3O5S. The van der Waals surface area contributed by atoms with Gasteiger partial charge in [0.15, 0.2) is 4.80 Å². The van der Waals surface area contributed by atoms with Gasteiger partial charge in [-0.05, 0) is 51.1 Å². The Kier molecular flexibility index (Phi) is 8.71. The normalized spacial score (nSPS) is 14.9. The molecule has 0 bridgehead atoms. The molecule has 39 heavy (non-hydrogen) atoms. The van der Waals surface area contributed by atoms with E-state index in [0.29, 0.717) is 63.1 Å². The monoisotopic (exact) mass is 547 g/mol. The molecule has 0 N–H and O–H groups in total. The summed E-state index contributed by atoms with van der Waals surface area (Å²) in [4.78, 5) is 34.9. The van der Waals surface area contributed by atoms with E-state index in [-0.39, 0.29) is 11.5 Å². The molecule has 8 nitrogen and oxygen atoms in total. The molecule has 1 aromatic heterocycles. The van der Waals surface area contributed by atoms with Crippen molar-refractivity contribution in [1.29, 1.82) is 0 Å². The fraction of sp³-hybridized carbons (Fsp3) is 0.300. The third kappa shape index (κ3) is 5.40. The first kappa shape index (κ1) is 27.9. The Morgan fingerprint density at radius 1 is 1.13 bits per heavy atom. The quantitative estimate of drug-likeness (QED) is 0.362. The predicted molar refractivity (Wildman–Crippen MR) is 153 cm³/mol. The highest BCUT2D eigenvalue weighted by Crippen LogP contribution is 2.38. The molecule has 0 fully saturated rings. The lowest BCUT2D eigenvalue weighted by Crippen LogP contribution is -2.43. The molecule has 4 rings (SSSR count). The number of methoxy groups -OCH3 is 2. The van der Waals surface area contributed by atoms with E-state index in [1.807, 2.05) is 51.1 Å². The van der Waals surface area contributed by atoms with Crippen molar-refractivity contribution in [3.05, 3.63) is 97.2 Å². The van der Waals surface area contributed by atoms with E-state index in [0.717, 1.165) is 5.56 Å². The topological polar surface area (TPSA) is 82.4 Å². The summed E-state index contributed by atoms with van der Waals surface area (Å²) in [7, 11) is 3.14. The molecule has 1 amide bonds. The molecule has 1 aliphatic rings. The fourth-order valence-electron chi connectivity index (χ4n) is 4.64. The molecule has 204 valence electrons. The second-order valence-corrected chi connectivity index (χ2v) is 9.81. The van der Waals surface area contributed by atoms with Crippen molar-refractivity contribution < 1.29 is 19.0 Å². The van der Waals surface area contributed by atoms with Gasteiger partial charge < -0.3 is 19.1 Å². The Labute approximate surface area is 231 Å². The first-order valence-corrected chi connectivity index (χ1v) is 13.6. The van der Waals surface area contributed by atoms with Gasteiger partial charge in [0.05, 0.1) is 30.0 Å². The van der Waals surface area contributed by atoms with Crippen molar-refractivity contribution in [3.8, 4) is 17.2 Å². The summed E-state index contributed by atoms with van der Waals surface area (Å²) in [6, 6.07) is 12.1. The number of hydrogen-bond donors (Lipinski definition) is 0. The van der Waals surface area contributed by atoms with Gasteiger partial charge in [-0.15, -0.1) is 0 Å². The van der Waals surface area contributed by atoms with Gasteiger partial charge in [0.2, 0.25) is 0 Å². The molecule has 2 aromatic carbocycles.